The second-order valence-corrected chi connectivity index (χ2v) is 7.49. The zero-order valence-electron chi connectivity index (χ0n) is 17.6. The molecule has 1 aromatic rings. The fourth-order valence-electron chi connectivity index (χ4n) is 2.88. The van der Waals surface area contributed by atoms with E-state index in [-0.39, 0.29) is 36.5 Å². The van der Waals surface area contributed by atoms with Gasteiger partial charge in [-0.05, 0) is 43.4 Å². The Morgan fingerprint density at radius 1 is 1.14 bits per heavy atom. The van der Waals surface area contributed by atoms with Crippen LogP contribution in [-0.4, -0.2) is 37.6 Å². The molecule has 1 amide bonds. The maximum atomic E-state index is 11.6. The molecular weight excluding hydrogens is 479 g/mol. The van der Waals surface area contributed by atoms with E-state index < -0.39 is 0 Å². The van der Waals surface area contributed by atoms with E-state index in [9.17, 15) is 4.79 Å². The molecule has 1 fully saturated rings. The maximum absolute atomic E-state index is 11.6. The number of aliphatic imine (C=N–C) groups is 1. The molecule has 7 heteroatoms. The van der Waals surface area contributed by atoms with Crippen molar-refractivity contribution in [1.29, 1.82) is 0 Å². The molecule has 1 aliphatic rings. The normalized spacial score (nSPS) is 13.5. The van der Waals surface area contributed by atoms with Crippen molar-refractivity contribution in [2.24, 2.45) is 10.7 Å². The lowest BCUT2D eigenvalue weighted by Gasteiger charge is -2.08. The first-order chi connectivity index (χ1) is 13.7. The first kappa shape index (κ1) is 25.5. The number of carbonyl (C=O) groups excluding carboxylic acids is 1. The number of nitrogens with two attached hydrogens (primary N) is 1. The van der Waals surface area contributed by atoms with E-state index in [2.05, 4.69) is 22.5 Å². The number of nitrogens with zero attached hydrogens (tertiary/aromatic N) is 1. The van der Waals surface area contributed by atoms with Gasteiger partial charge in [0.2, 0.25) is 0 Å². The minimum atomic E-state index is -0.0495. The summed E-state index contributed by atoms with van der Waals surface area (Å²) < 4.78 is 5.51. The minimum Gasteiger partial charge on any atom is -0.484 e. The van der Waals surface area contributed by atoms with Crippen molar-refractivity contribution < 1.29 is 9.53 Å². The Balaban J connectivity index is 0.00000420. The van der Waals surface area contributed by atoms with Crippen LogP contribution in [0.25, 0.3) is 0 Å². The van der Waals surface area contributed by atoms with Crippen molar-refractivity contribution in [1.82, 2.24) is 10.6 Å². The van der Waals surface area contributed by atoms with Crippen LogP contribution < -0.4 is 21.1 Å². The van der Waals surface area contributed by atoms with E-state index >= 15 is 0 Å². The molecule has 0 heterocycles. The lowest BCUT2D eigenvalue weighted by atomic mass is 10.1. The Labute approximate surface area is 192 Å². The van der Waals surface area contributed by atoms with Gasteiger partial charge in [-0.2, -0.15) is 0 Å². The van der Waals surface area contributed by atoms with Gasteiger partial charge in [0.05, 0.1) is 0 Å². The Morgan fingerprint density at radius 3 is 2.52 bits per heavy atom. The first-order valence-corrected chi connectivity index (χ1v) is 10.7. The van der Waals surface area contributed by atoms with Gasteiger partial charge in [0, 0.05) is 19.1 Å². The predicted molar refractivity (Wildman–Crippen MR) is 130 cm³/mol. The van der Waals surface area contributed by atoms with Gasteiger partial charge in [-0.1, -0.05) is 51.2 Å². The molecule has 1 aliphatic carbocycles. The molecule has 164 valence electrons. The Bertz CT molecular complexity index is 603. The Hall–Kier alpha value is -1.51. The van der Waals surface area contributed by atoms with Gasteiger partial charge in [-0.15, -0.1) is 24.0 Å². The lowest BCUT2D eigenvalue weighted by molar-refractivity contribution is -0.123. The second kappa shape index (κ2) is 15.3. The number of benzene rings is 1. The van der Waals surface area contributed by atoms with Crippen molar-refractivity contribution in [3.05, 3.63) is 29.8 Å². The lowest BCUT2D eigenvalue weighted by Crippen LogP contribution is -2.33. The van der Waals surface area contributed by atoms with Gasteiger partial charge < -0.3 is 21.1 Å². The van der Waals surface area contributed by atoms with Crippen molar-refractivity contribution in [2.75, 3.05) is 19.7 Å². The Morgan fingerprint density at radius 2 is 1.83 bits per heavy atom. The molecule has 0 saturated heterocycles. The molecule has 0 spiro atoms. The van der Waals surface area contributed by atoms with Crippen molar-refractivity contribution in [3.63, 3.8) is 0 Å². The number of hydrogen-bond acceptors (Lipinski definition) is 3. The van der Waals surface area contributed by atoms with E-state index in [0.29, 0.717) is 17.8 Å². The minimum absolute atomic E-state index is 0. The molecule has 2 rings (SSSR count). The molecule has 6 nitrogen and oxygen atoms in total. The summed E-state index contributed by atoms with van der Waals surface area (Å²) in [5.41, 5.74) is 7.10. The number of carbonyl (C=O) groups is 1. The van der Waals surface area contributed by atoms with Crippen LogP contribution in [0.3, 0.4) is 0 Å². The molecule has 1 saturated carbocycles. The molecule has 0 bridgehead atoms. The largest absolute Gasteiger partial charge is 0.484 e. The van der Waals surface area contributed by atoms with E-state index in [4.69, 9.17) is 10.5 Å². The van der Waals surface area contributed by atoms with E-state index in [1.165, 1.54) is 37.7 Å². The number of rotatable bonds is 14. The predicted octanol–water partition coefficient (Wildman–Crippen LogP) is 3.77. The number of guanidine groups is 1. The summed E-state index contributed by atoms with van der Waals surface area (Å²) in [6.07, 6.45) is 10.6. The summed E-state index contributed by atoms with van der Waals surface area (Å²) in [5, 5.41) is 6.07. The summed E-state index contributed by atoms with van der Waals surface area (Å²) >= 11 is 0. The number of amides is 1. The van der Waals surface area contributed by atoms with Gasteiger partial charge in [0.25, 0.3) is 5.91 Å². The molecule has 1 aromatic carbocycles. The van der Waals surface area contributed by atoms with Gasteiger partial charge >= 0.3 is 0 Å². The number of hydrogen-bond donors (Lipinski definition) is 3. The highest BCUT2D eigenvalue weighted by Gasteiger charge is 2.23. The third-order valence-corrected chi connectivity index (χ3v) is 4.75. The highest BCUT2D eigenvalue weighted by atomic mass is 127. The zero-order chi connectivity index (χ0) is 20.0. The molecule has 0 aromatic heterocycles. The van der Waals surface area contributed by atoms with E-state index in [0.717, 1.165) is 38.8 Å². The third kappa shape index (κ3) is 12.6. The van der Waals surface area contributed by atoms with E-state index in [1.54, 1.807) is 0 Å². The monoisotopic (exact) mass is 516 g/mol. The first-order valence-electron chi connectivity index (χ1n) is 10.7. The van der Waals surface area contributed by atoms with Crippen LogP contribution in [0.5, 0.6) is 5.75 Å². The highest BCUT2D eigenvalue weighted by molar-refractivity contribution is 14.0. The van der Waals surface area contributed by atoms with Gasteiger partial charge in [-0.25, -0.2) is 0 Å². The summed E-state index contributed by atoms with van der Waals surface area (Å²) in [7, 11) is 0. The fraction of sp³-hybridized carbons (Fsp3) is 0.636. The summed E-state index contributed by atoms with van der Waals surface area (Å²) in [6.45, 7) is 3.85. The molecule has 0 aliphatic heterocycles. The van der Waals surface area contributed by atoms with Crippen LogP contribution in [0.2, 0.25) is 0 Å². The standard InChI is InChI=1S/C22H36N4O2.HI/c1-2-3-4-5-6-7-15-24-22(23)25-16-14-18-8-12-20(13-9-18)28-17-21(27)26-19-10-11-19;/h8-9,12-13,19H,2-7,10-11,14-17H2,1H3,(H,26,27)(H3,23,24,25);1H. The number of halogens is 1. The molecule has 0 unspecified atom stereocenters. The number of unbranched alkanes of at least 4 members (excludes halogenated alkanes) is 5. The molecule has 0 radical (unpaired) electrons. The van der Waals surface area contributed by atoms with Crippen LogP contribution in [0.15, 0.2) is 29.3 Å². The average Bonchev–Trinajstić information content (AvgIpc) is 3.50. The van der Waals surface area contributed by atoms with Gasteiger partial charge in [0.15, 0.2) is 12.6 Å². The SMILES string of the molecule is CCCCCCCCN=C(N)NCCc1ccc(OCC(=O)NC2CC2)cc1.I. The summed E-state index contributed by atoms with van der Waals surface area (Å²) in [6, 6.07) is 8.19. The second-order valence-electron chi connectivity index (χ2n) is 7.49. The van der Waals surface area contributed by atoms with E-state index in [1.807, 2.05) is 24.3 Å². The van der Waals surface area contributed by atoms with Gasteiger partial charge in [-0.3, -0.25) is 9.79 Å². The van der Waals surface area contributed by atoms with Crippen LogP contribution in [0.1, 0.15) is 63.9 Å². The quantitative estimate of drug-likeness (QED) is 0.152. The summed E-state index contributed by atoms with van der Waals surface area (Å²) in [5.74, 6) is 1.18. The molecule has 4 N–H and O–H groups in total. The topological polar surface area (TPSA) is 88.7 Å². The maximum Gasteiger partial charge on any atom is 0.258 e. The number of nitrogens with one attached hydrogen (secondary N) is 2. The van der Waals surface area contributed by atoms with Crippen LogP contribution in [-0.2, 0) is 11.2 Å². The third-order valence-electron chi connectivity index (χ3n) is 4.75. The highest BCUT2D eigenvalue weighted by Crippen LogP contribution is 2.18. The van der Waals surface area contributed by atoms with Crippen molar-refractivity contribution >= 4 is 35.8 Å². The van der Waals surface area contributed by atoms with Crippen LogP contribution in [0.4, 0.5) is 0 Å². The van der Waals surface area contributed by atoms with Crippen LogP contribution >= 0.6 is 24.0 Å². The van der Waals surface area contributed by atoms with Gasteiger partial charge in [0.1, 0.15) is 5.75 Å². The van der Waals surface area contributed by atoms with Crippen LogP contribution in [0, 0.1) is 0 Å². The average molecular weight is 516 g/mol. The Kier molecular flexibility index (Phi) is 13.5. The fourth-order valence-corrected chi connectivity index (χ4v) is 2.88. The smallest absolute Gasteiger partial charge is 0.258 e. The molecule has 0 atom stereocenters. The molecular formula is C22H37IN4O2. The zero-order valence-corrected chi connectivity index (χ0v) is 20.0. The van der Waals surface area contributed by atoms with Crippen molar-refractivity contribution in [3.8, 4) is 5.75 Å². The number of ether oxygens (including phenoxy) is 1. The summed E-state index contributed by atoms with van der Waals surface area (Å²) in [4.78, 5) is 16.0. The van der Waals surface area contributed by atoms with Crippen molar-refractivity contribution in [2.45, 2.75) is 70.8 Å². The molecule has 29 heavy (non-hydrogen) atoms.